The van der Waals surface area contributed by atoms with E-state index in [0.717, 1.165) is 10.8 Å². The highest BCUT2D eigenvalue weighted by Crippen LogP contribution is 2.33. The van der Waals surface area contributed by atoms with Gasteiger partial charge in [0.2, 0.25) is 0 Å². The number of rotatable bonds is 6. The summed E-state index contributed by atoms with van der Waals surface area (Å²) >= 11 is 0. The maximum atomic E-state index is 14.4. The average Bonchev–Trinajstić information content (AvgIpc) is 3.20. The van der Waals surface area contributed by atoms with Crippen LogP contribution in [0.15, 0.2) is 130 Å². The van der Waals surface area contributed by atoms with E-state index in [2.05, 4.69) is 0 Å². The lowest BCUT2D eigenvalue weighted by atomic mass is 10.1. The van der Waals surface area contributed by atoms with Crippen molar-refractivity contribution in [2.75, 3.05) is 3.71 Å². The molecule has 0 saturated carbocycles. The molecule has 1 heterocycles. The Bertz CT molecular complexity index is 2130. The molecule has 0 aliphatic carbocycles. The average molecular weight is 584 g/mol. The van der Waals surface area contributed by atoms with Crippen LogP contribution in [-0.2, 0) is 27.1 Å². The van der Waals surface area contributed by atoms with Gasteiger partial charge in [-0.15, -0.1) is 3.71 Å². The quantitative estimate of drug-likeness (QED) is 0.262. The normalized spacial score (nSPS) is 12.1. The van der Waals surface area contributed by atoms with Gasteiger partial charge in [-0.05, 0) is 64.9 Å². The minimum atomic E-state index is -4.82. The monoisotopic (exact) mass is 583 g/mol. The minimum absolute atomic E-state index is 0.160. The van der Waals surface area contributed by atoms with Crippen molar-refractivity contribution in [3.05, 3.63) is 131 Å². The highest BCUT2D eigenvalue weighted by Gasteiger charge is 2.41. The molecule has 0 bridgehead atoms. The van der Waals surface area contributed by atoms with Gasteiger partial charge in [0.15, 0.2) is 5.69 Å². The second kappa shape index (κ2) is 9.76. The first-order valence-corrected chi connectivity index (χ1v) is 15.6. The summed E-state index contributed by atoms with van der Waals surface area (Å²) < 4.78 is 60.6. The van der Waals surface area contributed by atoms with E-state index in [-0.39, 0.29) is 15.5 Å². The van der Waals surface area contributed by atoms with Crippen LogP contribution in [0, 0.1) is 6.92 Å². The van der Waals surface area contributed by atoms with Crippen molar-refractivity contribution in [3.63, 3.8) is 0 Å². The standard InChI is InChI=1S/C31H25N3O5S2/c1-22-30(31(35)33(32(22)2)27-14-4-3-5-15-27)34(40(36,37)28-18-16-23-10-6-8-12-25(23)20-28)41(38,39)29-19-17-24-11-7-9-13-26(24)21-29/h3-21H,1-2H3. The zero-order chi connectivity index (χ0) is 28.9. The highest BCUT2D eigenvalue weighted by atomic mass is 32.3. The first-order valence-electron chi connectivity index (χ1n) is 12.7. The van der Waals surface area contributed by atoms with Crippen LogP contribution in [0.3, 0.4) is 0 Å². The predicted molar refractivity (Wildman–Crippen MR) is 160 cm³/mol. The second-order valence-corrected chi connectivity index (χ2v) is 13.4. The molecule has 0 aliphatic heterocycles. The molecule has 0 atom stereocenters. The van der Waals surface area contributed by atoms with Gasteiger partial charge in [-0.2, -0.15) is 0 Å². The van der Waals surface area contributed by atoms with E-state index in [9.17, 15) is 21.6 Å². The van der Waals surface area contributed by atoms with Gasteiger partial charge >= 0.3 is 0 Å². The van der Waals surface area contributed by atoms with E-state index in [0.29, 0.717) is 20.2 Å². The summed E-state index contributed by atoms with van der Waals surface area (Å²) in [6.45, 7) is 1.52. The van der Waals surface area contributed by atoms with Crippen LogP contribution in [0.1, 0.15) is 5.69 Å². The van der Waals surface area contributed by atoms with Crippen molar-refractivity contribution in [2.24, 2.45) is 7.05 Å². The predicted octanol–water partition coefficient (Wildman–Crippen LogP) is 5.38. The van der Waals surface area contributed by atoms with Gasteiger partial charge in [-0.25, -0.2) is 21.5 Å². The largest absolute Gasteiger partial charge is 0.297 e. The molecule has 1 aromatic heterocycles. The van der Waals surface area contributed by atoms with Crippen molar-refractivity contribution >= 4 is 47.3 Å². The zero-order valence-corrected chi connectivity index (χ0v) is 23.8. The number of hydrogen-bond acceptors (Lipinski definition) is 5. The topological polar surface area (TPSA) is 98.5 Å². The smallest absolute Gasteiger partial charge is 0.283 e. The molecular formula is C31H25N3O5S2. The summed E-state index contributed by atoms with van der Waals surface area (Å²) in [7, 11) is -8.05. The third kappa shape index (κ3) is 4.32. The first kappa shape index (κ1) is 26.5. The summed E-state index contributed by atoms with van der Waals surface area (Å²) in [5.74, 6) is 0. The number of hydrogen-bond donors (Lipinski definition) is 0. The van der Waals surface area contributed by atoms with Gasteiger partial charge in [-0.1, -0.05) is 78.9 Å². The lowest BCUT2D eigenvalue weighted by molar-refractivity contribution is 0.584. The Hall–Kier alpha value is -4.67. The lowest BCUT2D eigenvalue weighted by Crippen LogP contribution is -2.40. The zero-order valence-electron chi connectivity index (χ0n) is 22.2. The molecule has 0 fully saturated rings. The van der Waals surface area contributed by atoms with E-state index in [1.807, 2.05) is 24.3 Å². The van der Waals surface area contributed by atoms with Crippen molar-refractivity contribution in [3.8, 4) is 5.69 Å². The fourth-order valence-electron chi connectivity index (χ4n) is 4.98. The molecule has 6 rings (SSSR count). The highest BCUT2D eigenvalue weighted by molar-refractivity contribution is 8.10. The molecule has 10 heteroatoms. The van der Waals surface area contributed by atoms with E-state index >= 15 is 0 Å². The molecule has 206 valence electrons. The Morgan fingerprint density at radius 3 is 1.51 bits per heavy atom. The first-order chi connectivity index (χ1) is 19.6. The van der Waals surface area contributed by atoms with Crippen LogP contribution in [0.25, 0.3) is 27.2 Å². The minimum Gasteiger partial charge on any atom is -0.283 e. The number of sulfonamides is 2. The number of anilines is 1. The number of aromatic nitrogens is 2. The molecule has 0 amide bonds. The third-order valence-electron chi connectivity index (χ3n) is 7.18. The Morgan fingerprint density at radius 1 is 0.585 bits per heavy atom. The number of benzene rings is 5. The molecule has 8 nitrogen and oxygen atoms in total. The SMILES string of the molecule is Cc1c(N(S(=O)(=O)c2ccc3ccccc3c2)S(=O)(=O)c2ccc3ccccc3c2)c(=O)n(-c2ccccc2)n1C. The summed E-state index contributed by atoms with van der Waals surface area (Å²) in [6.07, 6.45) is 0. The van der Waals surface area contributed by atoms with Gasteiger partial charge < -0.3 is 0 Å². The molecular weight excluding hydrogens is 558 g/mol. The molecule has 0 unspecified atom stereocenters. The number of nitrogens with zero attached hydrogens (tertiary/aromatic N) is 3. The van der Waals surface area contributed by atoms with Crippen LogP contribution in [-0.4, -0.2) is 26.2 Å². The van der Waals surface area contributed by atoms with Crippen molar-refractivity contribution < 1.29 is 16.8 Å². The van der Waals surface area contributed by atoms with Crippen LogP contribution >= 0.6 is 0 Å². The fraction of sp³-hybridized carbons (Fsp3) is 0.0645. The number of fused-ring (bicyclic) bond motifs is 2. The Balaban J connectivity index is 1.65. The molecule has 0 N–H and O–H groups in total. The van der Waals surface area contributed by atoms with Crippen LogP contribution in [0.5, 0.6) is 0 Å². The maximum absolute atomic E-state index is 14.4. The van der Waals surface area contributed by atoms with Crippen molar-refractivity contribution in [1.29, 1.82) is 0 Å². The summed E-state index contributed by atoms with van der Waals surface area (Å²) in [6, 6.07) is 31.7. The summed E-state index contributed by atoms with van der Waals surface area (Å²) in [4.78, 5) is 13.5. The van der Waals surface area contributed by atoms with Gasteiger partial charge in [0.25, 0.3) is 25.6 Å². The molecule has 5 aromatic carbocycles. The van der Waals surface area contributed by atoms with Gasteiger partial charge in [0.05, 0.1) is 21.2 Å². The van der Waals surface area contributed by atoms with Crippen LogP contribution in [0.2, 0.25) is 0 Å². The van der Waals surface area contributed by atoms with Crippen molar-refractivity contribution in [2.45, 2.75) is 16.7 Å². The molecule has 0 spiro atoms. The number of para-hydroxylation sites is 1. The lowest BCUT2D eigenvalue weighted by Gasteiger charge is -2.23. The van der Waals surface area contributed by atoms with E-state index in [1.165, 1.54) is 40.6 Å². The Labute approximate surface area is 237 Å². The molecule has 6 aromatic rings. The van der Waals surface area contributed by atoms with Gasteiger partial charge in [-0.3, -0.25) is 9.48 Å². The molecule has 0 aliphatic rings. The van der Waals surface area contributed by atoms with Crippen LogP contribution < -0.4 is 9.27 Å². The Morgan fingerprint density at radius 2 is 1.02 bits per heavy atom. The summed E-state index contributed by atoms with van der Waals surface area (Å²) in [5.41, 5.74) is -0.643. The molecule has 0 saturated heterocycles. The van der Waals surface area contributed by atoms with Crippen LogP contribution in [0.4, 0.5) is 5.69 Å². The molecule has 0 radical (unpaired) electrons. The summed E-state index contributed by atoms with van der Waals surface area (Å²) in [5, 5.41) is 2.81. The van der Waals surface area contributed by atoms with Crippen molar-refractivity contribution in [1.82, 2.24) is 9.36 Å². The Kier molecular flexibility index (Phi) is 6.32. The van der Waals surface area contributed by atoms with E-state index in [4.69, 9.17) is 0 Å². The third-order valence-corrected chi connectivity index (χ3v) is 11.3. The molecule has 41 heavy (non-hydrogen) atoms. The van der Waals surface area contributed by atoms with E-state index < -0.39 is 31.3 Å². The second-order valence-electron chi connectivity index (χ2n) is 9.64. The van der Waals surface area contributed by atoms with Gasteiger partial charge in [0.1, 0.15) is 0 Å². The fourth-order valence-corrected chi connectivity index (χ4v) is 8.85. The van der Waals surface area contributed by atoms with E-state index in [1.54, 1.807) is 73.8 Å². The maximum Gasteiger partial charge on any atom is 0.297 e. The van der Waals surface area contributed by atoms with Gasteiger partial charge in [0, 0.05) is 7.05 Å².